The van der Waals surface area contributed by atoms with E-state index in [1.807, 2.05) is 0 Å². The van der Waals surface area contributed by atoms with E-state index in [1.165, 1.54) is 12.1 Å². The number of carbonyl (C=O) groups excluding carboxylic acids is 2. The minimum absolute atomic E-state index is 0.124. The molecule has 1 aromatic carbocycles. The van der Waals surface area contributed by atoms with Gasteiger partial charge in [0.2, 0.25) is 5.91 Å². The molecule has 0 aliphatic heterocycles. The van der Waals surface area contributed by atoms with Crippen molar-refractivity contribution in [3.63, 3.8) is 0 Å². The maximum Gasteiger partial charge on any atom is 0.263 e. The van der Waals surface area contributed by atoms with Crippen LogP contribution in [0, 0.1) is 12.7 Å². The largest absolute Gasteiger partial charge is 0.347 e. The van der Waals surface area contributed by atoms with Crippen LogP contribution in [0.4, 0.5) is 9.52 Å². The lowest BCUT2D eigenvalue weighted by Gasteiger charge is -2.04. The number of aromatic nitrogens is 1. The first-order valence-electron chi connectivity index (χ1n) is 7.35. The molecule has 0 aliphatic rings. The van der Waals surface area contributed by atoms with Gasteiger partial charge in [0, 0.05) is 18.3 Å². The summed E-state index contributed by atoms with van der Waals surface area (Å²) in [6, 6.07) is 5.93. The predicted octanol–water partition coefficient (Wildman–Crippen LogP) is 3.63. The van der Waals surface area contributed by atoms with E-state index in [-0.39, 0.29) is 17.6 Å². The van der Waals surface area contributed by atoms with Gasteiger partial charge in [-0.25, -0.2) is 9.37 Å². The van der Waals surface area contributed by atoms with Crippen molar-refractivity contribution in [1.29, 1.82) is 0 Å². The second kappa shape index (κ2) is 8.89. The molecule has 24 heavy (non-hydrogen) atoms. The van der Waals surface area contributed by atoms with E-state index in [0.29, 0.717) is 28.7 Å². The summed E-state index contributed by atoms with van der Waals surface area (Å²) in [7, 11) is 0. The number of aryl methyl sites for hydroxylation is 1. The number of anilines is 1. The van der Waals surface area contributed by atoms with E-state index in [4.69, 9.17) is 0 Å². The molecule has 128 valence electrons. The Labute approximate surface area is 151 Å². The number of nitrogens with zero attached hydrogens (tertiary/aromatic N) is 1. The van der Waals surface area contributed by atoms with Crippen LogP contribution in [0.25, 0.3) is 0 Å². The Bertz CT molecular complexity index is 719. The molecule has 0 fully saturated rings. The summed E-state index contributed by atoms with van der Waals surface area (Å²) in [5.74, 6) is -0.708. The zero-order valence-corrected chi connectivity index (χ0v) is 15.5. The van der Waals surface area contributed by atoms with Gasteiger partial charge in [-0.15, -0.1) is 0 Å². The molecule has 1 heterocycles. The fourth-order valence-electron chi connectivity index (χ4n) is 1.93. The molecule has 2 amide bonds. The van der Waals surface area contributed by atoms with Crippen molar-refractivity contribution in [1.82, 2.24) is 10.3 Å². The van der Waals surface area contributed by atoms with Gasteiger partial charge in [0.15, 0.2) is 5.13 Å². The number of alkyl halides is 1. The number of rotatable bonds is 7. The number of nitrogens with one attached hydrogen (secondary N) is 2. The van der Waals surface area contributed by atoms with Gasteiger partial charge < -0.3 is 10.6 Å². The Kier molecular flexibility index (Phi) is 6.86. The Morgan fingerprint density at radius 2 is 2.00 bits per heavy atom. The predicted molar refractivity (Wildman–Crippen MR) is 96.1 cm³/mol. The Morgan fingerprint density at radius 1 is 1.29 bits per heavy atom. The molecule has 0 aliphatic carbocycles. The SMILES string of the molecule is Cc1nc(NC(=O)CCCBr)sc1C(=O)NCc1ccc(F)cc1. The summed E-state index contributed by atoms with van der Waals surface area (Å²) in [6.07, 6.45) is 1.14. The number of halogens is 2. The third-order valence-corrected chi connectivity index (χ3v) is 4.79. The second-order valence-electron chi connectivity index (χ2n) is 5.08. The summed E-state index contributed by atoms with van der Waals surface area (Å²) < 4.78 is 12.9. The molecule has 2 aromatic rings. The second-order valence-corrected chi connectivity index (χ2v) is 6.88. The number of carbonyl (C=O) groups is 2. The van der Waals surface area contributed by atoms with Crippen LogP contribution < -0.4 is 10.6 Å². The number of hydrogen-bond acceptors (Lipinski definition) is 4. The van der Waals surface area contributed by atoms with Crippen LogP contribution in [-0.4, -0.2) is 22.1 Å². The lowest BCUT2D eigenvalue weighted by atomic mass is 10.2. The minimum Gasteiger partial charge on any atom is -0.347 e. The number of thiazole rings is 1. The molecular formula is C16H17BrFN3O2S. The molecule has 5 nitrogen and oxygen atoms in total. The fraction of sp³-hybridized carbons (Fsp3) is 0.312. The minimum atomic E-state index is -0.316. The average molecular weight is 414 g/mol. The molecule has 8 heteroatoms. The molecule has 0 spiro atoms. The maximum absolute atomic E-state index is 12.9. The van der Waals surface area contributed by atoms with Crippen LogP contribution in [0.5, 0.6) is 0 Å². The summed E-state index contributed by atoms with van der Waals surface area (Å²) in [5, 5.41) is 6.64. The van der Waals surface area contributed by atoms with Crippen molar-refractivity contribution in [2.45, 2.75) is 26.3 Å². The summed E-state index contributed by atoms with van der Waals surface area (Å²) in [6.45, 7) is 2.01. The summed E-state index contributed by atoms with van der Waals surface area (Å²) >= 11 is 4.41. The highest BCUT2D eigenvalue weighted by Gasteiger charge is 2.16. The monoisotopic (exact) mass is 413 g/mol. The van der Waals surface area contributed by atoms with Crippen molar-refractivity contribution in [3.05, 3.63) is 46.2 Å². The molecule has 1 aromatic heterocycles. The Morgan fingerprint density at radius 3 is 2.67 bits per heavy atom. The quantitative estimate of drug-likeness (QED) is 0.680. The topological polar surface area (TPSA) is 71.1 Å². The first kappa shape index (κ1) is 18.5. The van der Waals surface area contributed by atoms with Crippen molar-refractivity contribution < 1.29 is 14.0 Å². The molecule has 0 unspecified atom stereocenters. The highest BCUT2D eigenvalue weighted by atomic mass is 79.9. The van der Waals surface area contributed by atoms with Crippen LogP contribution in [-0.2, 0) is 11.3 Å². The number of benzene rings is 1. The zero-order chi connectivity index (χ0) is 17.5. The molecule has 0 saturated heterocycles. The van der Waals surface area contributed by atoms with Gasteiger partial charge in [-0.1, -0.05) is 39.4 Å². The van der Waals surface area contributed by atoms with Gasteiger partial charge in [0.05, 0.1) is 5.69 Å². The molecular weight excluding hydrogens is 397 g/mol. The van der Waals surface area contributed by atoms with Crippen LogP contribution >= 0.6 is 27.3 Å². The summed E-state index contributed by atoms with van der Waals surface area (Å²) in [5.41, 5.74) is 1.36. The standard InChI is InChI=1S/C16H17BrFN3O2S/c1-10-14(24-16(20-10)21-13(22)3-2-8-17)15(23)19-9-11-4-6-12(18)7-5-11/h4-7H,2-3,8-9H2,1H3,(H,19,23)(H,20,21,22). The van der Waals surface area contributed by atoms with Crippen LogP contribution in [0.2, 0.25) is 0 Å². The van der Waals surface area contributed by atoms with E-state index < -0.39 is 0 Å². The van der Waals surface area contributed by atoms with E-state index in [0.717, 1.165) is 28.7 Å². The van der Waals surface area contributed by atoms with Crippen molar-refractivity contribution in [3.8, 4) is 0 Å². The first-order valence-corrected chi connectivity index (χ1v) is 9.29. The zero-order valence-electron chi connectivity index (χ0n) is 13.1. The lowest BCUT2D eigenvalue weighted by Crippen LogP contribution is -2.22. The molecule has 0 radical (unpaired) electrons. The molecule has 0 atom stereocenters. The maximum atomic E-state index is 12.9. The van der Waals surface area contributed by atoms with Crippen LogP contribution in [0.1, 0.15) is 33.8 Å². The molecule has 0 bridgehead atoms. The van der Waals surface area contributed by atoms with E-state index >= 15 is 0 Å². The van der Waals surface area contributed by atoms with Gasteiger partial charge in [0.1, 0.15) is 10.7 Å². The number of amides is 2. The van der Waals surface area contributed by atoms with Crippen LogP contribution in [0.15, 0.2) is 24.3 Å². The smallest absolute Gasteiger partial charge is 0.263 e. The fourth-order valence-corrected chi connectivity index (χ4v) is 3.11. The van der Waals surface area contributed by atoms with E-state index in [1.54, 1.807) is 19.1 Å². The van der Waals surface area contributed by atoms with E-state index in [2.05, 4.69) is 31.5 Å². The van der Waals surface area contributed by atoms with Gasteiger partial charge in [0.25, 0.3) is 5.91 Å². The van der Waals surface area contributed by atoms with Gasteiger partial charge in [-0.05, 0) is 31.0 Å². The van der Waals surface area contributed by atoms with Gasteiger partial charge >= 0.3 is 0 Å². The molecule has 2 rings (SSSR count). The van der Waals surface area contributed by atoms with Crippen molar-refractivity contribution in [2.75, 3.05) is 10.6 Å². The highest BCUT2D eigenvalue weighted by molar-refractivity contribution is 9.09. The van der Waals surface area contributed by atoms with Crippen LogP contribution in [0.3, 0.4) is 0 Å². The molecule has 0 saturated carbocycles. The third-order valence-electron chi connectivity index (χ3n) is 3.15. The Hall–Kier alpha value is -1.80. The summed E-state index contributed by atoms with van der Waals surface area (Å²) in [4.78, 5) is 28.6. The lowest BCUT2D eigenvalue weighted by molar-refractivity contribution is -0.116. The number of hydrogen-bond donors (Lipinski definition) is 2. The first-order chi connectivity index (χ1) is 11.5. The highest BCUT2D eigenvalue weighted by Crippen LogP contribution is 2.22. The van der Waals surface area contributed by atoms with Crippen molar-refractivity contribution >= 4 is 44.2 Å². The average Bonchev–Trinajstić information content (AvgIpc) is 2.92. The van der Waals surface area contributed by atoms with Crippen molar-refractivity contribution in [2.24, 2.45) is 0 Å². The Balaban J connectivity index is 1.94. The van der Waals surface area contributed by atoms with Gasteiger partial charge in [-0.3, -0.25) is 9.59 Å². The third kappa shape index (κ3) is 5.38. The normalized spacial score (nSPS) is 10.5. The van der Waals surface area contributed by atoms with E-state index in [9.17, 15) is 14.0 Å². The molecule has 2 N–H and O–H groups in total. The van der Waals surface area contributed by atoms with Gasteiger partial charge in [-0.2, -0.15) is 0 Å².